The van der Waals surface area contributed by atoms with Crippen LogP contribution >= 0.6 is 0 Å². The van der Waals surface area contributed by atoms with E-state index in [2.05, 4.69) is 33.8 Å². The minimum Gasteiger partial charge on any atom is -0.340 e. The Morgan fingerprint density at radius 2 is 1.71 bits per heavy atom. The van der Waals surface area contributed by atoms with Crippen molar-refractivity contribution in [2.24, 2.45) is 0 Å². The summed E-state index contributed by atoms with van der Waals surface area (Å²) >= 11 is 0. The molecule has 1 saturated heterocycles. The van der Waals surface area contributed by atoms with Crippen LogP contribution < -0.4 is 0 Å². The smallest absolute Gasteiger partial charge is 0.181 e. The Bertz CT molecular complexity index is 247. The van der Waals surface area contributed by atoms with Gasteiger partial charge in [0.1, 0.15) is 0 Å². The first-order chi connectivity index (χ1) is 6.42. The zero-order chi connectivity index (χ0) is 10.4. The highest BCUT2D eigenvalue weighted by molar-refractivity contribution is 5.14. The largest absolute Gasteiger partial charge is 0.340 e. The van der Waals surface area contributed by atoms with Crippen molar-refractivity contribution in [3.05, 3.63) is 11.6 Å². The van der Waals surface area contributed by atoms with Crippen LogP contribution in [0.3, 0.4) is 0 Å². The second kappa shape index (κ2) is 3.07. The molecule has 80 valence electrons. The maximum Gasteiger partial charge on any atom is 0.181 e. The van der Waals surface area contributed by atoms with Gasteiger partial charge < -0.3 is 9.47 Å². The lowest BCUT2D eigenvalue weighted by molar-refractivity contribution is -0.0601. The number of allylic oxidation sites excluding steroid dienone is 1. The third kappa shape index (κ3) is 1.51. The Hall–Kier alpha value is -0.340. The fraction of sp³-hybridized carbons (Fsp3) is 0.833. The van der Waals surface area contributed by atoms with E-state index in [1.807, 2.05) is 0 Å². The summed E-state index contributed by atoms with van der Waals surface area (Å²) < 4.78 is 11.9. The van der Waals surface area contributed by atoms with Gasteiger partial charge in [0.2, 0.25) is 0 Å². The third-order valence-corrected chi connectivity index (χ3v) is 3.63. The molecule has 2 nitrogen and oxygen atoms in total. The van der Waals surface area contributed by atoms with Gasteiger partial charge in [0.25, 0.3) is 0 Å². The van der Waals surface area contributed by atoms with E-state index in [0.717, 1.165) is 6.42 Å². The SMILES string of the molecule is CC1(C)OC(C2=CCCC2)OC1(C)C. The van der Waals surface area contributed by atoms with E-state index >= 15 is 0 Å². The standard InChI is InChI=1S/C12H20O2/c1-11(2)12(3,4)14-10(13-11)9-7-5-6-8-9/h7,10H,5-6,8H2,1-4H3. The topological polar surface area (TPSA) is 18.5 Å². The van der Waals surface area contributed by atoms with Gasteiger partial charge in [0.15, 0.2) is 6.29 Å². The third-order valence-electron chi connectivity index (χ3n) is 3.63. The van der Waals surface area contributed by atoms with Crippen LogP contribution in [0.4, 0.5) is 0 Å². The first-order valence-electron chi connectivity index (χ1n) is 5.47. The summed E-state index contributed by atoms with van der Waals surface area (Å²) in [6.45, 7) is 8.40. The molecule has 0 spiro atoms. The summed E-state index contributed by atoms with van der Waals surface area (Å²) in [6, 6.07) is 0. The van der Waals surface area contributed by atoms with Crippen LogP contribution in [0.5, 0.6) is 0 Å². The second-order valence-electron chi connectivity index (χ2n) is 5.26. The van der Waals surface area contributed by atoms with Crippen LogP contribution in [0.1, 0.15) is 47.0 Å². The van der Waals surface area contributed by atoms with Crippen molar-refractivity contribution in [2.45, 2.75) is 64.4 Å². The van der Waals surface area contributed by atoms with E-state index in [0.29, 0.717) is 0 Å². The summed E-state index contributed by atoms with van der Waals surface area (Å²) in [5.41, 5.74) is 0.950. The van der Waals surface area contributed by atoms with Gasteiger partial charge in [0.05, 0.1) is 11.2 Å². The van der Waals surface area contributed by atoms with Gasteiger partial charge in [0, 0.05) is 0 Å². The highest BCUT2D eigenvalue weighted by atomic mass is 16.7. The molecule has 0 radical (unpaired) electrons. The fourth-order valence-corrected chi connectivity index (χ4v) is 1.90. The van der Waals surface area contributed by atoms with E-state index in [1.54, 1.807) is 0 Å². The molecular formula is C12H20O2. The Balaban J connectivity index is 2.13. The van der Waals surface area contributed by atoms with E-state index in [9.17, 15) is 0 Å². The number of ether oxygens (including phenoxy) is 2. The molecule has 0 aromatic carbocycles. The van der Waals surface area contributed by atoms with Crippen molar-refractivity contribution in [1.29, 1.82) is 0 Å². The van der Waals surface area contributed by atoms with Crippen LogP contribution in [-0.4, -0.2) is 17.5 Å². The molecule has 14 heavy (non-hydrogen) atoms. The predicted octanol–water partition coefficient (Wildman–Crippen LogP) is 3.03. The molecule has 2 heteroatoms. The monoisotopic (exact) mass is 196 g/mol. The van der Waals surface area contributed by atoms with E-state index in [4.69, 9.17) is 9.47 Å². The molecule has 0 unspecified atom stereocenters. The van der Waals surface area contributed by atoms with Gasteiger partial charge in [-0.2, -0.15) is 0 Å². The second-order valence-corrected chi connectivity index (χ2v) is 5.26. The molecule has 1 aliphatic heterocycles. The normalized spacial score (nSPS) is 30.7. The van der Waals surface area contributed by atoms with Crippen molar-refractivity contribution in [1.82, 2.24) is 0 Å². The number of rotatable bonds is 1. The lowest BCUT2D eigenvalue weighted by Crippen LogP contribution is -2.41. The molecule has 1 heterocycles. The van der Waals surface area contributed by atoms with Crippen LogP contribution in [0.15, 0.2) is 11.6 Å². The first kappa shape index (κ1) is 10.2. The summed E-state index contributed by atoms with van der Waals surface area (Å²) in [7, 11) is 0. The lowest BCUT2D eigenvalue weighted by Gasteiger charge is -2.30. The Kier molecular flexibility index (Phi) is 2.24. The van der Waals surface area contributed by atoms with Crippen molar-refractivity contribution in [3.8, 4) is 0 Å². The number of hydrogen-bond donors (Lipinski definition) is 0. The Labute approximate surface area is 86.3 Å². The van der Waals surface area contributed by atoms with E-state index in [1.165, 1.54) is 18.4 Å². The molecule has 2 aliphatic rings. The maximum atomic E-state index is 5.96. The van der Waals surface area contributed by atoms with Crippen molar-refractivity contribution in [3.63, 3.8) is 0 Å². The highest BCUT2D eigenvalue weighted by Crippen LogP contribution is 2.42. The van der Waals surface area contributed by atoms with E-state index in [-0.39, 0.29) is 17.5 Å². The minimum atomic E-state index is -0.193. The van der Waals surface area contributed by atoms with Crippen molar-refractivity contribution < 1.29 is 9.47 Å². The van der Waals surface area contributed by atoms with Gasteiger partial charge >= 0.3 is 0 Å². The predicted molar refractivity (Wildman–Crippen MR) is 56.1 cm³/mol. The average Bonchev–Trinajstić information content (AvgIpc) is 2.58. The van der Waals surface area contributed by atoms with Gasteiger partial charge in [-0.3, -0.25) is 0 Å². The first-order valence-corrected chi connectivity index (χ1v) is 5.47. The molecule has 0 N–H and O–H groups in total. The van der Waals surface area contributed by atoms with Gasteiger partial charge in [-0.05, 0) is 52.5 Å². The summed E-state index contributed by atoms with van der Waals surface area (Å²) in [4.78, 5) is 0. The number of hydrogen-bond acceptors (Lipinski definition) is 2. The highest BCUT2D eigenvalue weighted by Gasteiger charge is 2.49. The molecule has 0 bridgehead atoms. The quantitative estimate of drug-likeness (QED) is 0.600. The van der Waals surface area contributed by atoms with Crippen LogP contribution in [0.2, 0.25) is 0 Å². The average molecular weight is 196 g/mol. The summed E-state index contributed by atoms with van der Waals surface area (Å²) in [5.74, 6) is 0. The summed E-state index contributed by atoms with van der Waals surface area (Å²) in [6.07, 6.45) is 5.74. The van der Waals surface area contributed by atoms with Gasteiger partial charge in [-0.15, -0.1) is 0 Å². The Morgan fingerprint density at radius 1 is 1.14 bits per heavy atom. The molecule has 0 aromatic heterocycles. The molecule has 0 aromatic rings. The maximum absolute atomic E-state index is 5.96. The molecule has 1 aliphatic carbocycles. The molecule has 2 rings (SSSR count). The molecular weight excluding hydrogens is 176 g/mol. The van der Waals surface area contributed by atoms with Gasteiger partial charge in [-0.25, -0.2) is 0 Å². The minimum absolute atomic E-state index is 0.0949. The fourth-order valence-electron chi connectivity index (χ4n) is 1.90. The van der Waals surface area contributed by atoms with Crippen LogP contribution in [-0.2, 0) is 9.47 Å². The molecule has 1 fully saturated rings. The van der Waals surface area contributed by atoms with Gasteiger partial charge in [-0.1, -0.05) is 6.08 Å². The molecule has 0 atom stereocenters. The molecule has 0 amide bonds. The van der Waals surface area contributed by atoms with Crippen molar-refractivity contribution >= 4 is 0 Å². The lowest BCUT2D eigenvalue weighted by atomic mass is 9.90. The van der Waals surface area contributed by atoms with Crippen molar-refractivity contribution in [2.75, 3.05) is 0 Å². The van der Waals surface area contributed by atoms with Crippen LogP contribution in [0.25, 0.3) is 0 Å². The Morgan fingerprint density at radius 3 is 2.14 bits per heavy atom. The zero-order valence-electron chi connectivity index (χ0n) is 9.59. The summed E-state index contributed by atoms with van der Waals surface area (Å²) in [5, 5.41) is 0. The zero-order valence-corrected chi connectivity index (χ0v) is 9.59. The van der Waals surface area contributed by atoms with Crippen LogP contribution in [0, 0.1) is 0 Å². The molecule has 0 saturated carbocycles. The van der Waals surface area contributed by atoms with E-state index < -0.39 is 0 Å².